The molecule has 0 atom stereocenters. The van der Waals surface area contributed by atoms with Gasteiger partial charge in [-0.1, -0.05) is 42.8 Å². The molecule has 2 heterocycles. The molecule has 5 rings (SSSR count). The number of anilines is 1. The minimum Gasteiger partial charge on any atom is -0.365 e. The van der Waals surface area contributed by atoms with E-state index in [1.54, 1.807) is 48.5 Å². The van der Waals surface area contributed by atoms with Crippen molar-refractivity contribution in [2.75, 3.05) is 5.32 Å². The summed E-state index contributed by atoms with van der Waals surface area (Å²) in [4.78, 5) is 39.9. The Kier molecular flexibility index (Phi) is 5.51. The second-order valence-electron chi connectivity index (χ2n) is 8.03. The number of nitrogens with two attached hydrogens (primary N) is 1. The maximum absolute atomic E-state index is 13.4. The van der Waals surface area contributed by atoms with Crippen LogP contribution in [0, 0.1) is 0 Å². The number of primary amides is 1. The number of carbonyl (C=O) groups excluding carboxylic acids is 2. The number of aryl methyl sites for hydroxylation is 1. The molecule has 7 nitrogen and oxygen atoms in total. The van der Waals surface area contributed by atoms with Crippen LogP contribution in [0.25, 0.3) is 16.5 Å². The second kappa shape index (κ2) is 8.63. The first-order valence-corrected chi connectivity index (χ1v) is 11.7. The molecule has 1 aliphatic rings. The average molecular weight is 459 g/mol. The Hall–Kier alpha value is -3.78. The number of fused-ring (bicyclic) bond motifs is 2. The minimum absolute atomic E-state index is 0.105. The van der Waals surface area contributed by atoms with E-state index in [-0.39, 0.29) is 11.3 Å². The molecule has 0 saturated carbocycles. The number of hydrogen-bond donors (Lipinski definition) is 2. The normalized spacial score (nSPS) is 13.3. The van der Waals surface area contributed by atoms with Crippen molar-refractivity contribution in [1.29, 1.82) is 0 Å². The van der Waals surface area contributed by atoms with Crippen LogP contribution in [0.4, 0.5) is 5.00 Å². The maximum atomic E-state index is 13.4. The number of para-hydroxylation sites is 1. The fourth-order valence-corrected chi connectivity index (χ4v) is 5.64. The molecule has 0 unspecified atom stereocenters. The molecule has 3 N–H and O–H groups in total. The van der Waals surface area contributed by atoms with E-state index in [2.05, 4.69) is 10.4 Å². The number of hydrogen-bond acceptors (Lipinski definition) is 5. The molecule has 2 aromatic carbocycles. The Morgan fingerprint density at radius 3 is 2.39 bits per heavy atom. The van der Waals surface area contributed by atoms with Gasteiger partial charge < -0.3 is 11.1 Å². The number of rotatable bonds is 4. The molecule has 0 radical (unpaired) electrons. The Morgan fingerprint density at radius 1 is 0.939 bits per heavy atom. The highest BCUT2D eigenvalue weighted by atomic mass is 32.1. The van der Waals surface area contributed by atoms with E-state index in [4.69, 9.17) is 5.73 Å². The number of aromatic nitrogens is 2. The lowest BCUT2D eigenvalue weighted by molar-refractivity contribution is 0.100. The quantitative estimate of drug-likeness (QED) is 0.450. The number of carbonyl (C=O) groups is 2. The summed E-state index contributed by atoms with van der Waals surface area (Å²) in [6.45, 7) is 0. The first-order chi connectivity index (χ1) is 16.0. The van der Waals surface area contributed by atoms with E-state index < -0.39 is 11.8 Å². The van der Waals surface area contributed by atoms with Gasteiger partial charge in [0.05, 0.1) is 16.6 Å². The molecule has 0 bridgehead atoms. The van der Waals surface area contributed by atoms with Crippen molar-refractivity contribution < 1.29 is 9.59 Å². The van der Waals surface area contributed by atoms with E-state index in [0.717, 1.165) is 42.5 Å². The summed E-state index contributed by atoms with van der Waals surface area (Å²) < 4.78 is 1.23. The molecular formula is C25H22N4O3S. The summed E-state index contributed by atoms with van der Waals surface area (Å²) in [7, 11) is 0. The van der Waals surface area contributed by atoms with Crippen LogP contribution in [0.5, 0.6) is 0 Å². The van der Waals surface area contributed by atoms with E-state index in [9.17, 15) is 14.4 Å². The van der Waals surface area contributed by atoms with Crippen molar-refractivity contribution >= 4 is 38.9 Å². The monoisotopic (exact) mass is 458 g/mol. The average Bonchev–Trinajstić information content (AvgIpc) is 3.00. The Balaban J connectivity index is 1.62. The summed E-state index contributed by atoms with van der Waals surface area (Å²) >= 11 is 1.41. The molecule has 2 amide bonds. The van der Waals surface area contributed by atoms with Gasteiger partial charge in [0.25, 0.3) is 17.4 Å². The third-order valence-electron chi connectivity index (χ3n) is 5.92. The number of nitrogens with zero attached hydrogens (tertiary/aromatic N) is 2. The smallest absolute Gasteiger partial charge is 0.279 e. The van der Waals surface area contributed by atoms with Gasteiger partial charge in [-0.25, -0.2) is 0 Å². The molecule has 33 heavy (non-hydrogen) atoms. The standard InChI is InChI=1S/C25H22N4O3S/c26-22(30)20-18-13-5-2-6-14-19(18)33-24(20)27-23(31)21-16-11-7-8-12-17(16)25(32)29(28-21)15-9-3-1-4-10-15/h1,3-4,7-12H,2,5-6,13-14H2,(H2,26,30)(H,27,31). The predicted octanol–water partition coefficient (Wildman–Crippen LogP) is 4.07. The summed E-state index contributed by atoms with van der Waals surface area (Å²) in [5.41, 5.74) is 7.41. The molecule has 0 fully saturated rings. The molecule has 0 spiro atoms. The Morgan fingerprint density at radius 2 is 1.64 bits per heavy atom. The largest absolute Gasteiger partial charge is 0.365 e. The van der Waals surface area contributed by atoms with Gasteiger partial charge in [-0.2, -0.15) is 9.78 Å². The summed E-state index contributed by atoms with van der Waals surface area (Å²) in [6.07, 6.45) is 4.80. The zero-order valence-corrected chi connectivity index (χ0v) is 18.7. The van der Waals surface area contributed by atoms with Crippen LogP contribution in [0.15, 0.2) is 59.4 Å². The van der Waals surface area contributed by atoms with Gasteiger partial charge in [-0.05, 0) is 49.4 Å². The van der Waals surface area contributed by atoms with Crippen LogP contribution in [0.2, 0.25) is 0 Å². The molecular weight excluding hydrogens is 436 g/mol. The van der Waals surface area contributed by atoms with Crippen molar-refractivity contribution in [3.8, 4) is 5.69 Å². The topological polar surface area (TPSA) is 107 Å². The molecule has 2 aromatic heterocycles. The molecule has 0 saturated heterocycles. The van der Waals surface area contributed by atoms with Crippen LogP contribution in [-0.2, 0) is 12.8 Å². The number of thiophene rings is 1. The number of amides is 2. The van der Waals surface area contributed by atoms with Gasteiger partial charge in [0.2, 0.25) is 0 Å². The van der Waals surface area contributed by atoms with Crippen molar-refractivity contribution in [2.45, 2.75) is 32.1 Å². The lowest BCUT2D eigenvalue weighted by Gasteiger charge is -2.11. The summed E-state index contributed by atoms with van der Waals surface area (Å²) in [5, 5.41) is 8.58. The molecule has 4 aromatic rings. The highest BCUT2D eigenvalue weighted by molar-refractivity contribution is 7.17. The Labute approximate surface area is 193 Å². The zero-order valence-electron chi connectivity index (χ0n) is 17.8. The van der Waals surface area contributed by atoms with Crippen molar-refractivity contribution in [2.24, 2.45) is 5.73 Å². The van der Waals surface area contributed by atoms with Crippen LogP contribution in [0.3, 0.4) is 0 Å². The van der Waals surface area contributed by atoms with Gasteiger partial charge in [0, 0.05) is 10.3 Å². The second-order valence-corrected chi connectivity index (χ2v) is 9.14. The zero-order chi connectivity index (χ0) is 22.9. The summed E-state index contributed by atoms with van der Waals surface area (Å²) in [6, 6.07) is 15.8. The number of nitrogens with one attached hydrogen (secondary N) is 1. The van der Waals surface area contributed by atoms with E-state index in [1.165, 1.54) is 16.0 Å². The maximum Gasteiger partial charge on any atom is 0.279 e. The molecule has 8 heteroatoms. The first-order valence-electron chi connectivity index (χ1n) is 10.9. The van der Waals surface area contributed by atoms with Crippen LogP contribution in [-0.4, -0.2) is 21.6 Å². The molecule has 1 aliphatic carbocycles. The molecule has 166 valence electrons. The van der Waals surface area contributed by atoms with Gasteiger partial charge in [-0.3, -0.25) is 14.4 Å². The van der Waals surface area contributed by atoms with Crippen LogP contribution >= 0.6 is 11.3 Å². The van der Waals surface area contributed by atoms with Crippen molar-refractivity contribution in [1.82, 2.24) is 9.78 Å². The van der Waals surface area contributed by atoms with Crippen molar-refractivity contribution in [3.05, 3.63) is 86.6 Å². The van der Waals surface area contributed by atoms with E-state index in [0.29, 0.717) is 27.0 Å². The third-order valence-corrected chi connectivity index (χ3v) is 7.12. The number of benzene rings is 2. The minimum atomic E-state index is -0.545. The van der Waals surface area contributed by atoms with E-state index in [1.807, 2.05) is 6.07 Å². The third kappa shape index (κ3) is 3.82. The lowest BCUT2D eigenvalue weighted by atomic mass is 10.1. The van der Waals surface area contributed by atoms with Crippen LogP contribution < -0.4 is 16.6 Å². The predicted molar refractivity (Wildman–Crippen MR) is 129 cm³/mol. The highest BCUT2D eigenvalue weighted by Gasteiger charge is 2.26. The SMILES string of the molecule is NC(=O)c1c(NC(=O)c2nn(-c3ccccc3)c(=O)c3ccccc23)sc2c1CCCCC2. The van der Waals surface area contributed by atoms with Gasteiger partial charge in [-0.15, -0.1) is 11.3 Å². The fraction of sp³-hybridized carbons (Fsp3) is 0.200. The van der Waals surface area contributed by atoms with Gasteiger partial charge in [0.1, 0.15) is 5.00 Å². The molecule has 0 aliphatic heterocycles. The van der Waals surface area contributed by atoms with Gasteiger partial charge >= 0.3 is 0 Å². The summed E-state index contributed by atoms with van der Waals surface area (Å²) in [5.74, 6) is -1.04. The Bertz CT molecular complexity index is 1440. The lowest BCUT2D eigenvalue weighted by Crippen LogP contribution is -2.26. The van der Waals surface area contributed by atoms with Crippen LogP contribution in [0.1, 0.15) is 50.5 Å². The van der Waals surface area contributed by atoms with Crippen molar-refractivity contribution in [3.63, 3.8) is 0 Å². The first kappa shape index (κ1) is 21.1. The van der Waals surface area contributed by atoms with Gasteiger partial charge in [0.15, 0.2) is 5.69 Å². The highest BCUT2D eigenvalue weighted by Crippen LogP contribution is 2.37. The fourth-order valence-electron chi connectivity index (χ4n) is 4.36. The van der Waals surface area contributed by atoms with E-state index >= 15 is 0 Å².